The lowest BCUT2D eigenvalue weighted by atomic mass is 10.3. The van der Waals surface area contributed by atoms with Crippen molar-refractivity contribution >= 4 is 33.4 Å². The summed E-state index contributed by atoms with van der Waals surface area (Å²) in [6.07, 6.45) is 2.01. The van der Waals surface area contributed by atoms with Crippen molar-refractivity contribution in [2.24, 2.45) is 0 Å². The summed E-state index contributed by atoms with van der Waals surface area (Å²) in [6, 6.07) is 5.20. The van der Waals surface area contributed by atoms with Crippen LogP contribution in [0.1, 0.15) is 5.82 Å². The second-order valence-corrected chi connectivity index (χ2v) is 5.22. The zero-order valence-electron chi connectivity index (χ0n) is 10.4. The number of H-pyrrole nitrogens is 1. The van der Waals surface area contributed by atoms with Crippen molar-refractivity contribution in [3.63, 3.8) is 0 Å². The summed E-state index contributed by atoms with van der Waals surface area (Å²) in [5, 5.41) is 9.61. The molecule has 1 aromatic carbocycles. The molecule has 0 fully saturated rings. The fraction of sp³-hybridized carbons (Fsp3) is 0.250. The van der Waals surface area contributed by atoms with Crippen LogP contribution < -0.4 is 10.1 Å². The Morgan fingerprint density at radius 2 is 2.35 bits per heavy atom. The molecule has 0 saturated heterocycles. The lowest BCUT2D eigenvalue weighted by Crippen LogP contribution is -2.30. The van der Waals surface area contributed by atoms with Crippen LogP contribution in [0.4, 0.5) is 0 Å². The fourth-order valence-corrected chi connectivity index (χ4v) is 2.19. The number of halogens is 2. The molecule has 106 valence electrons. The first-order chi connectivity index (χ1) is 9.65. The summed E-state index contributed by atoms with van der Waals surface area (Å²) in [4.78, 5) is 15.5. The van der Waals surface area contributed by atoms with E-state index in [1.165, 1.54) is 6.33 Å². The number of benzene rings is 1. The predicted octanol–water partition coefficient (Wildman–Crippen LogP) is 1.96. The summed E-state index contributed by atoms with van der Waals surface area (Å²) in [5.74, 6) is 0.978. The number of aromatic amines is 1. The number of ether oxygens (including phenoxy) is 1. The molecule has 0 bridgehead atoms. The summed E-state index contributed by atoms with van der Waals surface area (Å²) in [5.41, 5.74) is 0. The maximum atomic E-state index is 11.6. The molecule has 2 N–H and O–H groups in total. The van der Waals surface area contributed by atoms with Gasteiger partial charge in [-0.2, -0.15) is 5.10 Å². The molecule has 6 nitrogen and oxygen atoms in total. The summed E-state index contributed by atoms with van der Waals surface area (Å²) in [7, 11) is 0. The number of aromatic nitrogens is 3. The Bertz CT molecular complexity index is 577. The first kappa shape index (κ1) is 14.8. The Labute approximate surface area is 129 Å². The van der Waals surface area contributed by atoms with Crippen molar-refractivity contribution < 1.29 is 9.53 Å². The summed E-state index contributed by atoms with van der Waals surface area (Å²) < 4.78 is 6.19. The molecule has 20 heavy (non-hydrogen) atoms. The Morgan fingerprint density at radius 3 is 3.05 bits per heavy atom. The van der Waals surface area contributed by atoms with Gasteiger partial charge in [-0.3, -0.25) is 9.89 Å². The second-order valence-electron chi connectivity index (χ2n) is 3.90. The molecule has 1 aromatic heterocycles. The second kappa shape index (κ2) is 7.25. The number of rotatable bonds is 6. The monoisotopic (exact) mass is 358 g/mol. The van der Waals surface area contributed by atoms with Crippen LogP contribution in [0, 0.1) is 0 Å². The minimum atomic E-state index is -0.219. The van der Waals surface area contributed by atoms with E-state index in [4.69, 9.17) is 16.3 Å². The molecule has 2 rings (SSSR count). The number of nitrogens with zero attached hydrogens (tertiary/aromatic N) is 2. The first-order valence-corrected chi connectivity index (χ1v) is 7.01. The zero-order valence-corrected chi connectivity index (χ0v) is 12.7. The van der Waals surface area contributed by atoms with Crippen LogP contribution in [-0.2, 0) is 11.2 Å². The van der Waals surface area contributed by atoms with Crippen LogP contribution in [0.5, 0.6) is 5.75 Å². The summed E-state index contributed by atoms with van der Waals surface area (Å²) in [6.45, 7) is 0.378. The molecule has 1 heterocycles. The van der Waals surface area contributed by atoms with Gasteiger partial charge in [-0.1, -0.05) is 27.5 Å². The summed E-state index contributed by atoms with van der Waals surface area (Å²) >= 11 is 9.27. The molecule has 0 aliphatic carbocycles. The maximum Gasteiger partial charge on any atom is 0.257 e. The average molecular weight is 360 g/mol. The van der Waals surface area contributed by atoms with Gasteiger partial charge in [-0.15, -0.1) is 0 Å². The van der Waals surface area contributed by atoms with Crippen LogP contribution in [-0.4, -0.2) is 34.2 Å². The van der Waals surface area contributed by atoms with Gasteiger partial charge in [0.15, 0.2) is 6.61 Å². The molecule has 2 aromatic rings. The van der Waals surface area contributed by atoms with Gasteiger partial charge in [0.2, 0.25) is 0 Å². The van der Waals surface area contributed by atoms with Gasteiger partial charge in [-0.25, -0.2) is 4.98 Å². The van der Waals surface area contributed by atoms with Gasteiger partial charge in [0.05, 0.1) is 5.02 Å². The van der Waals surface area contributed by atoms with Crippen molar-refractivity contribution in [1.82, 2.24) is 20.5 Å². The van der Waals surface area contributed by atoms with Gasteiger partial charge in [0.25, 0.3) is 5.91 Å². The van der Waals surface area contributed by atoms with Crippen LogP contribution in [0.25, 0.3) is 0 Å². The highest BCUT2D eigenvalue weighted by atomic mass is 79.9. The van der Waals surface area contributed by atoms with Gasteiger partial charge in [0.1, 0.15) is 17.9 Å². The van der Waals surface area contributed by atoms with Crippen LogP contribution in [0.3, 0.4) is 0 Å². The highest BCUT2D eigenvalue weighted by molar-refractivity contribution is 9.10. The number of amides is 1. The van der Waals surface area contributed by atoms with Crippen molar-refractivity contribution in [3.8, 4) is 5.75 Å². The number of hydrogen-bond donors (Lipinski definition) is 2. The van der Waals surface area contributed by atoms with Crippen molar-refractivity contribution in [2.45, 2.75) is 6.42 Å². The van der Waals surface area contributed by atoms with E-state index < -0.39 is 0 Å². The van der Waals surface area contributed by atoms with Gasteiger partial charge in [0, 0.05) is 17.4 Å². The number of carbonyl (C=O) groups excluding carboxylic acids is 1. The van der Waals surface area contributed by atoms with Crippen molar-refractivity contribution in [1.29, 1.82) is 0 Å². The zero-order chi connectivity index (χ0) is 14.4. The Morgan fingerprint density at radius 1 is 1.50 bits per heavy atom. The quantitative estimate of drug-likeness (QED) is 0.826. The fourth-order valence-electron chi connectivity index (χ4n) is 1.46. The first-order valence-electron chi connectivity index (χ1n) is 5.84. The third-order valence-electron chi connectivity index (χ3n) is 2.40. The van der Waals surface area contributed by atoms with E-state index in [0.29, 0.717) is 23.7 Å². The molecule has 0 spiro atoms. The maximum absolute atomic E-state index is 11.6. The van der Waals surface area contributed by atoms with E-state index in [-0.39, 0.29) is 12.5 Å². The molecule has 0 saturated carbocycles. The van der Waals surface area contributed by atoms with Gasteiger partial charge >= 0.3 is 0 Å². The third kappa shape index (κ3) is 4.50. The van der Waals surface area contributed by atoms with Crippen LogP contribution in [0.15, 0.2) is 29.0 Å². The highest BCUT2D eigenvalue weighted by Gasteiger charge is 2.06. The predicted molar refractivity (Wildman–Crippen MR) is 77.7 cm³/mol. The Kier molecular flexibility index (Phi) is 5.37. The SMILES string of the molecule is O=C(COc1ccc(Br)cc1Cl)NCCc1ncn[nH]1. The molecule has 8 heteroatoms. The molecular formula is C12H12BrClN4O2. The van der Waals surface area contributed by atoms with Gasteiger partial charge < -0.3 is 10.1 Å². The van der Waals surface area contributed by atoms with Crippen molar-refractivity contribution in [2.75, 3.05) is 13.2 Å². The smallest absolute Gasteiger partial charge is 0.257 e. The largest absolute Gasteiger partial charge is 0.482 e. The number of hydrogen-bond acceptors (Lipinski definition) is 4. The van der Waals surface area contributed by atoms with E-state index in [1.54, 1.807) is 18.2 Å². The third-order valence-corrected chi connectivity index (χ3v) is 3.19. The van der Waals surface area contributed by atoms with Crippen LogP contribution in [0.2, 0.25) is 5.02 Å². The lowest BCUT2D eigenvalue weighted by molar-refractivity contribution is -0.123. The topological polar surface area (TPSA) is 79.9 Å². The molecule has 0 radical (unpaired) electrons. The molecule has 0 unspecified atom stereocenters. The number of nitrogens with one attached hydrogen (secondary N) is 2. The Balaban J connectivity index is 1.72. The average Bonchev–Trinajstić information content (AvgIpc) is 2.91. The standard InChI is InChI=1S/C12H12BrClN4O2/c13-8-1-2-10(9(14)5-8)20-6-12(19)15-4-3-11-16-7-17-18-11/h1-2,5,7H,3-4,6H2,(H,15,19)(H,16,17,18). The minimum Gasteiger partial charge on any atom is -0.482 e. The molecule has 0 aliphatic heterocycles. The normalized spacial score (nSPS) is 10.3. The highest BCUT2D eigenvalue weighted by Crippen LogP contribution is 2.27. The van der Waals surface area contributed by atoms with E-state index in [0.717, 1.165) is 10.3 Å². The van der Waals surface area contributed by atoms with E-state index in [2.05, 4.69) is 36.4 Å². The van der Waals surface area contributed by atoms with E-state index >= 15 is 0 Å². The molecular weight excluding hydrogens is 348 g/mol. The number of carbonyl (C=O) groups is 1. The van der Waals surface area contributed by atoms with E-state index in [9.17, 15) is 4.79 Å². The molecule has 0 atom stereocenters. The Hall–Kier alpha value is -1.60. The minimum absolute atomic E-state index is 0.0856. The van der Waals surface area contributed by atoms with Gasteiger partial charge in [-0.05, 0) is 18.2 Å². The van der Waals surface area contributed by atoms with Crippen molar-refractivity contribution in [3.05, 3.63) is 39.8 Å². The van der Waals surface area contributed by atoms with Crippen LogP contribution >= 0.6 is 27.5 Å². The lowest BCUT2D eigenvalue weighted by Gasteiger charge is -2.08. The van der Waals surface area contributed by atoms with E-state index in [1.807, 2.05) is 0 Å². The molecule has 0 aliphatic rings. The molecule has 1 amide bonds.